The minimum Gasteiger partial charge on any atom is -0.372 e. The molecule has 1 N–H and O–H groups in total. The number of amides is 1. The molecule has 41 heavy (non-hydrogen) atoms. The summed E-state index contributed by atoms with van der Waals surface area (Å²) in [7, 11) is -3.78. The van der Waals surface area contributed by atoms with Gasteiger partial charge in [-0.2, -0.15) is 0 Å². The van der Waals surface area contributed by atoms with E-state index in [9.17, 15) is 13.2 Å². The number of ether oxygens (including phenoxy) is 1. The van der Waals surface area contributed by atoms with Crippen LogP contribution in [0.25, 0.3) is 22.5 Å². The Morgan fingerprint density at radius 2 is 1.44 bits per heavy atom. The van der Waals surface area contributed by atoms with Gasteiger partial charge in [0.15, 0.2) is 0 Å². The number of anilines is 1. The highest BCUT2D eigenvalue weighted by molar-refractivity contribution is 7.89. The first-order valence-corrected chi connectivity index (χ1v) is 15.4. The molecule has 1 amide bonds. The van der Waals surface area contributed by atoms with Crippen LogP contribution in [-0.2, 0) is 25.3 Å². The lowest BCUT2D eigenvalue weighted by Gasteiger charge is -2.28. The maximum atomic E-state index is 12.2. The van der Waals surface area contributed by atoms with Crippen LogP contribution in [0.15, 0.2) is 97.2 Å². The van der Waals surface area contributed by atoms with E-state index in [0.717, 1.165) is 41.3 Å². The van der Waals surface area contributed by atoms with Gasteiger partial charge in [-0.15, -0.1) is 0 Å². The lowest BCUT2D eigenvalue weighted by atomic mass is 10.0. The van der Waals surface area contributed by atoms with Gasteiger partial charge in [-0.3, -0.25) is 14.5 Å². The molecule has 1 heterocycles. The second-order valence-electron chi connectivity index (χ2n) is 9.97. The third-order valence-corrected chi connectivity index (χ3v) is 7.66. The maximum absolute atomic E-state index is 12.2. The Hall–Kier alpha value is -4.08. The van der Waals surface area contributed by atoms with Crippen molar-refractivity contribution >= 4 is 21.7 Å². The number of unbranched alkanes of at least 4 members (excludes halogenated alkanes) is 1. The van der Waals surface area contributed by atoms with Crippen LogP contribution in [0.4, 0.5) is 5.82 Å². The van der Waals surface area contributed by atoms with Gasteiger partial charge in [-0.05, 0) is 32.3 Å². The summed E-state index contributed by atoms with van der Waals surface area (Å²) < 4.78 is 32.0. The summed E-state index contributed by atoms with van der Waals surface area (Å²) in [5.74, 6) is -0.138. The normalized spacial score (nSPS) is 11.4. The third-order valence-electron chi connectivity index (χ3n) is 6.41. The first-order valence-electron chi connectivity index (χ1n) is 13.7. The van der Waals surface area contributed by atoms with E-state index in [0.29, 0.717) is 18.6 Å². The molecule has 0 unspecified atom stereocenters. The summed E-state index contributed by atoms with van der Waals surface area (Å²) in [6.45, 7) is 4.99. The van der Waals surface area contributed by atoms with Crippen molar-refractivity contribution in [3.8, 4) is 22.5 Å². The van der Waals surface area contributed by atoms with Gasteiger partial charge in [0, 0.05) is 30.3 Å². The average molecular weight is 573 g/mol. The number of aromatic nitrogens is 2. The van der Waals surface area contributed by atoms with Crippen LogP contribution in [0.5, 0.6) is 0 Å². The summed E-state index contributed by atoms with van der Waals surface area (Å²) in [5, 5.41) is 0. The largest absolute Gasteiger partial charge is 0.372 e. The lowest BCUT2D eigenvalue weighted by molar-refractivity contribution is -0.123. The summed E-state index contributed by atoms with van der Waals surface area (Å²) >= 11 is 0. The van der Waals surface area contributed by atoms with E-state index >= 15 is 0 Å². The van der Waals surface area contributed by atoms with Gasteiger partial charge in [-0.25, -0.2) is 13.4 Å². The van der Waals surface area contributed by atoms with Gasteiger partial charge in [0.05, 0.1) is 23.3 Å². The molecule has 4 aromatic rings. The van der Waals surface area contributed by atoms with Crippen LogP contribution in [0.2, 0.25) is 0 Å². The van der Waals surface area contributed by atoms with Crippen LogP contribution < -0.4 is 9.62 Å². The van der Waals surface area contributed by atoms with E-state index in [1.807, 2.05) is 66.9 Å². The first kappa shape index (κ1) is 29.9. The highest BCUT2D eigenvalue weighted by Gasteiger charge is 2.18. The smallest absolute Gasteiger partial charge is 0.259 e. The molecule has 0 fully saturated rings. The Morgan fingerprint density at radius 1 is 0.854 bits per heavy atom. The van der Waals surface area contributed by atoms with E-state index in [-0.39, 0.29) is 18.4 Å². The zero-order valence-electron chi connectivity index (χ0n) is 23.4. The molecule has 214 valence electrons. The molecule has 0 spiro atoms. The molecular weight excluding hydrogens is 536 g/mol. The quantitative estimate of drug-likeness (QED) is 0.200. The van der Waals surface area contributed by atoms with Gasteiger partial charge in [0.2, 0.25) is 10.0 Å². The van der Waals surface area contributed by atoms with E-state index in [2.05, 4.69) is 23.5 Å². The standard InChI is InChI=1S/C32H36N4O4S/c1-25(2)36(20-12-13-21-40-23-30(37)35-41(38,39)24-26-14-6-3-7-15-26)29-22-33-31(27-16-8-4-9-17-27)32(34-29)28-18-10-5-11-19-28/h3-11,14-19,22,25H,12-13,20-21,23-24H2,1-2H3,(H,35,37). The Balaban J connectivity index is 1.31. The number of sulfonamides is 1. The van der Waals surface area contributed by atoms with Crippen molar-refractivity contribution in [3.63, 3.8) is 0 Å². The van der Waals surface area contributed by atoms with Crippen LogP contribution in [0.1, 0.15) is 32.3 Å². The Labute approximate surface area is 242 Å². The Kier molecular flexibility index (Phi) is 10.6. The number of hydrogen-bond donors (Lipinski definition) is 1. The number of carbonyl (C=O) groups excluding carboxylic acids is 1. The van der Waals surface area contributed by atoms with Crippen molar-refractivity contribution in [2.24, 2.45) is 0 Å². The monoisotopic (exact) mass is 572 g/mol. The molecule has 0 saturated carbocycles. The van der Waals surface area contributed by atoms with E-state index < -0.39 is 15.9 Å². The van der Waals surface area contributed by atoms with E-state index in [1.54, 1.807) is 30.3 Å². The van der Waals surface area contributed by atoms with E-state index in [1.165, 1.54) is 0 Å². The molecule has 1 aromatic heterocycles. The average Bonchev–Trinajstić information content (AvgIpc) is 2.97. The van der Waals surface area contributed by atoms with Crippen molar-refractivity contribution in [1.29, 1.82) is 0 Å². The molecule has 0 atom stereocenters. The molecule has 0 bridgehead atoms. The molecule has 3 aromatic carbocycles. The van der Waals surface area contributed by atoms with Crippen molar-refractivity contribution in [2.75, 3.05) is 24.7 Å². The number of nitrogens with one attached hydrogen (secondary N) is 1. The van der Waals surface area contributed by atoms with Gasteiger partial charge in [0.25, 0.3) is 5.91 Å². The van der Waals surface area contributed by atoms with Crippen LogP contribution in [0, 0.1) is 0 Å². The second kappa shape index (κ2) is 14.5. The van der Waals surface area contributed by atoms with Gasteiger partial charge in [-0.1, -0.05) is 91.0 Å². The van der Waals surface area contributed by atoms with Crippen LogP contribution in [0.3, 0.4) is 0 Å². The van der Waals surface area contributed by atoms with Crippen LogP contribution in [-0.4, -0.2) is 50.1 Å². The molecular formula is C32H36N4O4S. The number of benzene rings is 3. The van der Waals surface area contributed by atoms with Gasteiger partial charge >= 0.3 is 0 Å². The fraction of sp³-hybridized carbons (Fsp3) is 0.281. The molecule has 0 aliphatic carbocycles. The predicted octanol–water partition coefficient (Wildman–Crippen LogP) is 5.47. The van der Waals surface area contributed by atoms with Crippen molar-refractivity contribution < 1.29 is 17.9 Å². The zero-order chi connectivity index (χ0) is 29.1. The first-order chi connectivity index (χ1) is 19.8. The highest BCUT2D eigenvalue weighted by Crippen LogP contribution is 2.31. The van der Waals surface area contributed by atoms with E-state index in [4.69, 9.17) is 14.7 Å². The minimum absolute atomic E-state index is 0.192. The summed E-state index contributed by atoms with van der Waals surface area (Å²) in [4.78, 5) is 24.2. The van der Waals surface area contributed by atoms with Gasteiger partial charge in [0.1, 0.15) is 12.4 Å². The van der Waals surface area contributed by atoms with Crippen LogP contribution >= 0.6 is 0 Å². The molecule has 0 radical (unpaired) electrons. The SMILES string of the molecule is CC(C)N(CCCCOCC(=O)NS(=O)(=O)Cc1ccccc1)c1cnc(-c2ccccc2)c(-c2ccccc2)n1. The van der Waals surface area contributed by atoms with Crippen molar-refractivity contribution in [1.82, 2.24) is 14.7 Å². The fourth-order valence-corrected chi connectivity index (χ4v) is 5.55. The Bertz CT molecular complexity index is 1500. The number of rotatable bonds is 14. The minimum atomic E-state index is -3.78. The summed E-state index contributed by atoms with van der Waals surface area (Å²) in [5.41, 5.74) is 4.29. The number of hydrogen-bond acceptors (Lipinski definition) is 7. The predicted molar refractivity (Wildman–Crippen MR) is 163 cm³/mol. The molecule has 9 heteroatoms. The topological polar surface area (TPSA) is 101 Å². The second-order valence-corrected chi connectivity index (χ2v) is 11.7. The zero-order valence-corrected chi connectivity index (χ0v) is 24.3. The third kappa shape index (κ3) is 8.96. The molecule has 0 saturated heterocycles. The van der Waals surface area contributed by atoms with Gasteiger partial charge < -0.3 is 9.64 Å². The van der Waals surface area contributed by atoms with Crippen molar-refractivity contribution in [2.45, 2.75) is 38.5 Å². The number of carbonyl (C=O) groups is 1. The summed E-state index contributed by atoms with van der Waals surface area (Å²) in [6, 6.07) is 29.0. The molecule has 8 nitrogen and oxygen atoms in total. The van der Waals surface area contributed by atoms with Crippen molar-refractivity contribution in [3.05, 3.63) is 103 Å². The lowest BCUT2D eigenvalue weighted by Crippen LogP contribution is -2.34. The molecule has 0 aliphatic rings. The highest BCUT2D eigenvalue weighted by atomic mass is 32.2. The maximum Gasteiger partial charge on any atom is 0.259 e. The molecule has 4 rings (SSSR count). The fourth-order valence-electron chi connectivity index (χ4n) is 4.44. The number of nitrogens with zero attached hydrogens (tertiary/aromatic N) is 3. The summed E-state index contributed by atoms with van der Waals surface area (Å²) in [6.07, 6.45) is 3.33. The molecule has 0 aliphatic heterocycles. The Morgan fingerprint density at radius 3 is 2.05 bits per heavy atom.